The summed E-state index contributed by atoms with van der Waals surface area (Å²) in [5.41, 5.74) is -0.301. The summed E-state index contributed by atoms with van der Waals surface area (Å²) >= 11 is 0. The summed E-state index contributed by atoms with van der Waals surface area (Å²) in [6, 6.07) is -0.0139. The van der Waals surface area contributed by atoms with Crippen LogP contribution < -0.4 is 5.32 Å². The van der Waals surface area contributed by atoms with Gasteiger partial charge < -0.3 is 9.64 Å². The second-order valence-electron chi connectivity index (χ2n) is 6.48. The second kappa shape index (κ2) is 6.71. The van der Waals surface area contributed by atoms with Gasteiger partial charge in [-0.1, -0.05) is 33.6 Å². The van der Waals surface area contributed by atoms with Crippen molar-refractivity contribution in [1.82, 2.24) is 10.2 Å². The van der Waals surface area contributed by atoms with Crippen LogP contribution in [0.4, 0.5) is 0 Å². The van der Waals surface area contributed by atoms with Crippen LogP contribution in [0.5, 0.6) is 0 Å². The monoisotopic (exact) mass is 270 g/mol. The van der Waals surface area contributed by atoms with Gasteiger partial charge in [-0.25, -0.2) is 0 Å². The van der Waals surface area contributed by atoms with Gasteiger partial charge in [-0.3, -0.25) is 10.1 Å². The van der Waals surface area contributed by atoms with Crippen LogP contribution in [0, 0.1) is 5.92 Å². The molecule has 0 aromatic carbocycles. The molecule has 1 aliphatic rings. The maximum atomic E-state index is 12.5. The highest BCUT2D eigenvalue weighted by Crippen LogP contribution is 2.23. The SMILES string of the molecule is CCCCC1NC(C(C)C)N(CC(C)(C)OC)C1=O. The van der Waals surface area contributed by atoms with Crippen LogP contribution in [0.1, 0.15) is 53.9 Å². The number of unbranched alkanes of at least 4 members (excludes halogenated alkanes) is 1. The average Bonchev–Trinajstić information content (AvgIpc) is 2.64. The van der Waals surface area contributed by atoms with Crippen molar-refractivity contribution >= 4 is 5.91 Å². The fourth-order valence-electron chi connectivity index (χ4n) is 2.52. The molecular formula is C15H30N2O2. The van der Waals surface area contributed by atoms with Gasteiger partial charge in [0.05, 0.1) is 24.4 Å². The minimum atomic E-state index is -0.301. The van der Waals surface area contributed by atoms with E-state index in [0.29, 0.717) is 12.5 Å². The Bertz CT molecular complexity index is 303. The van der Waals surface area contributed by atoms with Crippen molar-refractivity contribution in [3.05, 3.63) is 0 Å². The van der Waals surface area contributed by atoms with E-state index < -0.39 is 0 Å². The summed E-state index contributed by atoms with van der Waals surface area (Å²) < 4.78 is 5.47. The molecule has 1 heterocycles. The van der Waals surface area contributed by atoms with Gasteiger partial charge in [0.2, 0.25) is 5.91 Å². The maximum Gasteiger partial charge on any atom is 0.241 e. The molecule has 4 nitrogen and oxygen atoms in total. The minimum absolute atomic E-state index is 0.0139. The van der Waals surface area contributed by atoms with E-state index in [0.717, 1.165) is 19.3 Å². The van der Waals surface area contributed by atoms with Crippen molar-refractivity contribution < 1.29 is 9.53 Å². The molecule has 1 aliphatic heterocycles. The van der Waals surface area contributed by atoms with E-state index in [4.69, 9.17) is 4.74 Å². The molecular weight excluding hydrogens is 240 g/mol. The predicted molar refractivity (Wildman–Crippen MR) is 77.9 cm³/mol. The van der Waals surface area contributed by atoms with E-state index >= 15 is 0 Å². The summed E-state index contributed by atoms with van der Waals surface area (Å²) in [6.45, 7) is 11.2. The molecule has 0 radical (unpaired) electrons. The molecule has 0 bridgehead atoms. The van der Waals surface area contributed by atoms with Crippen LogP contribution in [0.15, 0.2) is 0 Å². The molecule has 0 aromatic rings. The first-order valence-electron chi connectivity index (χ1n) is 7.44. The molecule has 0 saturated carbocycles. The molecule has 0 aliphatic carbocycles. The van der Waals surface area contributed by atoms with Gasteiger partial charge in [0.1, 0.15) is 0 Å². The summed E-state index contributed by atoms with van der Waals surface area (Å²) in [6.07, 6.45) is 3.28. The lowest BCUT2D eigenvalue weighted by molar-refractivity contribution is -0.134. The molecule has 19 heavy (non-hydrogen) atoms. The maximum absolute atomic E-state index is 12.5. The van der Waals surface area contributed by atoms with Crippen molar-refractivity contribution in [1.29, 1.82) is 0 Å². The minimum Gasteiger partial charge on any atom is -0.377 e. The molecule has 1 fully saturated rings. The smallest absolute Gasteiger partial charge is 0.241 e. The number of ether oxygens (including phenoxy) is 1. The number of nitrogens with one attached hydrogen (secondary N) is 1. The molecule has 0 aromatic heterocycles. The van der Waals surface area contributed by atoms with E-state index in [-0.39, 0.29) is 23.7 Å². The van der Waals surface area contributed by atoms with Crippen LogP contribution in [0.3, 0.4) is 0 Å². The number of methoxy groups -OCH3 is 1. The van der Waals surface area contributed by atoms with Crippen molar-refractivity contribution in [2.75, 3.05) is 13.7 Å². The Balaban J connectivity index is 2.77. The van der Waals surface area contributed by atoms with Crippen LogP contribution in [0.25, 0.3) is 0 Å². The van der Waals surface area contributed by atoms with Crippen molar-refractivity contribution in [2.24, 2.45) is 5.92 Å². The highest BCUT2D eigenvalue weighted by atomic mass is 16.5. The number of carbonyl (C=O) groups excluding carboxylic acids is 1. The largest absolute Gasteiger partial charge is 0.377 e. The van der Waals surface area contributed by atoms with Crippen LogP contribution >= 0.6 is 0 Å². The Morgan fingerprint density at radius 2 is 2.05 bits per heavy atom. The lowest BCUT2D eigenvalue weighted by Crippen LogP contribution is -2.48. The Labute approximate surface area is 117 Å². The molecule has 1 rings (SSSR count). The zero-order valence-corrected chi connectivity index (χ0v) is 13.3. The Morgan fingerprint density at radius 3 is 2.53 bits per heavy atom. The zero-order valence-electron chi connectivity index (χ0n) is 13.3. The van der Waals surface area contributed by atoms with E-state index in [1.807, 2.05) is 18.7 Å². The van der Waals surface area contributed by atoms with Gasteiger partial charge in [0.25, 0.3) is 0 Å². The van der Waals surface area contributed by atoms with E-state index in [1.165, 1.54) is 0 Å². The third-order valence-corrected chi connectivity index (χ3v) is 3.87. The van der Waals surface area contributed by atoms with Crippen molar-refractivity contribution in [2.45, 2.75) is 71.7 Å². The number of nitrogens with zero attached hydrogens (tertiary/aromatic N) is 1. The molecule has 2 atom stereocenters. The summed E-state index contributed by atoms with van der Waals surface area (Å²) in [4.78, 5) is 14.5. The molecule has 0 spiro atoms. The first-order valence-corrected chi connectivity index (χ1v) is 7.44. The number of rotatable bonds is 7. The molecule has 2 unspecified atom stereocenters. The number of amides is 1. The average molecular weight is 270 g/mol. The summed E-state index contributed by atoms with van der Waals surface area (Å²) in [5, 5.41) is 3.49. The van der Waals surface area contributed by atoms with Gasteiger partial charge >= 0.3 is 0 Å². The Kier molecular flexibility index (Phi) is 5.81. The third kappa shape index (κ3) is 4.18. The Hall–Kier alpha value is -0.610. The Morgan fingerprint density at radius 1 is 1.42 bits per heavy atom. The summed E-state index contributed by atoms with van der Waals surface area (Å²) in [5.74, 6) is 0.639. The fraction of sp³-hybridized carbons (Fsp3) is 0.933. The van der Waals surface area contributed by atoms with Crippen LogP contribution in [-0.2, 0) is 9.53 Å². The standard InChI is InChI=1S/C15H30N2O2/c1-7-8-9-12-14(18)17(10-15(4,5)19-6)13(16-12)11(2)3/h11-13,16H,7-10H2,1-6H3. The second-order valence-corrected chi connectivity index (χ2v) is 6.48. The quantitative estimate of drug-likeness (QED) is 0.772. The summed E-state index contributed by atoms with van der Waals surface area (Å²) in [7, 11) is 1.70. The van der Waals surface area contributed by atoms with Crippen LogP contribution in [-0.4, -0.2) is 42.3 Å². The molecule has 1 amide bonds. The normalized spacial score (nSPS) is 24.6. The van der Waals surface area contributed by atoms with Crippen molar-refractivity contribution in [3.8, 4) is 0 Å². The van der Waals surface area contributed by atoms with E-state index in [1.54, 1.807) is 7.11 Å². The molecule has 1 N–H and O–H groups in total. The van der Waals surface area contributed by atoms with Gasteiger partial charge in [-0.2, -0.15) is 0 Å². The molecule has 112 valence electrons. The first kappa shape index (κ1) is 16.4. The van der Waals surface area contributed by atoms with Gasteiger partial charge in [0.15, 0.2) is 0 Å². The fourth-order valence-corrected chi connectivity index (χ4v) is 2.52. The zero-order chi connectivity index (χ0) is 14.6. The lowest BCUT2D eigenvalue weighted by Gasteiger charge is -2.34. The highest BCUT2D eigenvalue weighted by Gasteiger charge is 2.41. The highest BCUT2D eigenvalue weighted by molar-refractivity contribution is 5.84. The first-order chi connectivity index (χ1) is 8.82. The number of carbonyl (C=O) groups is 1. The van der Waals surface area contributed by atoms with E-state index in [9.17, 15) is 4.79 Å². The van der Waals surface area contributed by atoms with E-state index in [2.05, 4.69) is 26.1 Å². The molecule has 1 saturated heterocycles. The van der Waals surface area contributed by atoms with Crippen LogP contribution in [0.2, 0.25) is 0 Å². The number of hydrogen-bond donors (Lipinski definition) is 1. The van der Waals surface area contributed by atoms with Gasteiger partial charge in [-0.15, -0.1) is 0 Å². The van der Waals surface area contributed by atoms with Gasteiger partial charge in [0, 0.05) is 7.11 Å². The van der Waals surface area contributed by atoms with Crippen molar-refractivity contribution in [3.63, 3.8) is 0 Å². The van der Waals surface area contributed by atoms with Gasteiger partial charge in [-0.05, 0) is 26.2 Å². The number of hydrogen-bond acceptors (Lipinski definition) is 3. The topological polar surface area (TPSA) is 41.6 Å². The molecule has 4 heteroatoms. The predicted octanol–water partition coefficient (Wildman–Crippen LogP) is 2.38. The third-order valence-electron chi connectivity index (χ3n) is 3.87. The lowest BCUT2D eigenvalue weighted by atomic mass is 10.1.